The molecular weight excluding hydrogens is 200 g/mol. The van der Waals surface area contributed by atoms with E-state index in [0.29, 0.717) is 6.54 Å². The first-order valence-corrected chi connectivity index (χ1v) is 5.34. The van der Waals surface area contributed by atoms with Crippen molar-refractivity contribution in [2.75, 3.05) is 27.2 Å². The normalized spacial score (nSPS) is 10.5. The zero-order chi connectivity index (χ0) is 12.0. The first kappa shape index (κ1) is 12.7. The molecule has 0 unspecified atom stereocenters. The van der Waals surface area contributed by atoms with Crippen molar-refractivity contribution in [3.8, 4) is 5.75 Å². The van der Waals surface area contributed by atoms with Crippen molar-refractivity contribution >= 4 is 0 Å². The molecule has 0 fully saturated rings. The third-order valence-electron chi connectivity index (χ3n) is 2.39. The Kier molecular flexibility index (Phi) is 5.02. The van der Waals surface area contributed by atoms with Crippen LogP contribution in [0.2, 0.25) is 0 Å². The number of benzene rings is 1. The first-order chi connectivity index (χ1) is 7.65. The van der Waals surface area contributed by atoms with E-state index in [1.165, 1.54) is 5.56 Å². The monoisotopic (exact) mass is 220 g/mol. The number of likely N-dealkylation sites (N-methyl/N-ethyl adjacent to an activating group) is 1. The summed E-state index contributed by atoms with van der Waals surface area (Å²) in [6.45, 7) is 6.17. The lowest BCUT2D eigenvalue weighted by Gasteiger charge is -2.17. The molecule has 1 aromatic carbocycles. The zero-order valence-corrected chi connectivity index (χ0v) is 10.1. The number of methoxy groups -OCH3 is 1. The van der Waals surface area contributed by atoms with Crippen molar-refractivity contribution < 1.29 is 4.74 Å². The molecular formula is C13H20N2O. The molecule has 3 nitrogen and oxygen atoms in total. The number of ether oxygens (including phenoxy) is 1. The van der Waals surface area contributed by atoms with Crippen LogP contribution in [0.15, 0.2) is 36.4 Å². The maximum atomic E-state index is 5.51. The molecule has 0 amide bonds. The predicted molar refractivity (Wildman–Crippen MR) is 67.5 cm³/mol. The molecule has 1 rings (SSSR count). The third-order valence-corrected chi connectivity index (χ3v) is 2.39. The number of nitrogens with two attached hydrogens (primary N) is 1. The van der Waals surface area contributed by atoms with E-state index in [4.69, 9.17) is 10.5 Å². The standard InChI is InChI=1S/C13H20N2O/c1-11(8-14)9-15(2)10-12-4-6-13(16-3)7-5-12/h4-7H,1,8-10,14H2,2-3H3. The van der Waals surface area contributed by atoms with Crippen LogP contribution in [0.5, 0.6) is 5.75 Å². The molecule has 1 aromatic rings. The fourth-order valence-electron chi connectivity index (χ4n) is 1.54. The Morgan fingerprint density at radius 3 is 2.50 bits per heavy atom. The van der Waals surface area contributed by atoms with Gasteiger partial charge in [-0.15, -0.1) is 0 Å². The Balaban J connectivity index is 2.49. The summed E-state index contributed by atoms with van der Waals surface area (Å²) in [5, 5.41) is 0. The molecule has 0 aromatic heterocycles. The number of hydrogen-bond donors (Lipinski definition) is 1. The van der Waals surface area contributed by atoms with Gasteiger partial charge in [0.05, 0.1) is 7.11 Å². The van der Waals surface area contributed by atoms with Gasteiger partial charge in [0.1, 0.15) is 5.75 Å². The van der Waals surface area contributed by atoms with Crippen molar-refractivity contribution in [2.45, 2.75) is 6.54 Å². The molecule has 0 heterocycles. The summed E-state index contributed by atoms with van der Waals surface area (Å²) in [5.41, 5.74) is 7.82. The van der Waals surface area contributed by atoms with Crippen LogP contribution in [0.4, 0.5) is 0 Å². The van der Waals surface area contributed by atoms with E-state index in [0.717, 1.165) is 24.4 Å². The molecule has 0 saturated heterocycles. The summed E-state index contributed by atoms with van der Waals surface area (Å²) < 4.78 is 5.11. The largest absolute Gasteiger partial charge is 0.497 e. The van der Waals surface area contributed by atoms with Crippen molar-refractivity contribution in [2.24, 2.45) is 5.73 Å². The maximum absolute atomic E-state index is 5.51. The summed E-state index contributed by atoms with van der Waals surface area (Å²) in [7, 11) is 3.73. The van der Waals surface area contributed by atoms with Crippen LogP contribution in [0.25, 0.3) is 0 Å². The molecule has 0 aliphatic heterocycles. The molecule has 0 spiro atoms. The van der Waals surface area contributed by atoms with E-state index in [1.807, 2.05) is 12.1 Å². The smallest absolute Gasteiger partial charge is 0.118 e. The average molecular weight is 220 g/mol. The molecule has 0 aliphatic carbocycles. The van der Waals surface area contributed by atoms with Crippen LogP contribution >= 0.6 is 0 Å². The lowest BCUT2D eigenvalue weighted by Crippen LogP contribution is -2.23. The Labute approximate surface area is 97.5 Å². The highest BCUT2D eigenvalue weighted by atomic mass is 16.5. The van der Waals surface area contributed by atoms with Crippen LogP contribution in [0.3, 0.4) is 0 Å². The van der Waals surface area contributed by atoms with Gasteiger partial charge in [0.15, 0.2) is 0 Å². The first-order valence-electron chi connectivity index (χ1n) is 5.34. The minimum atomic E-state index is 0.549. The maximum Gasteiger partial charge on any atom is 0.118 e. The fraction of sp³-hybridized carbons (Fsp3) is 0.385. The van der Waals surface area contributed by atoms with Gasteiger partial charge < -0.3 is 10.5 Å². The highest BCUT2D eigenvalue weighted by molar-refractivity contribution is 5.27. The topological polar surface area (TPSA) is 38.5 Å². The molecule has 0 atom stereocenters. The highest BCUT2D eigenvalue weighted by Crippen LogP contribution is 2.12. The van der Waals surface area contributed by atoms with Gasteiger partial charge in [-0.25, -0.2) is 0 Å². The third kappa shape index (κ3) is 4.04. The molecule has 0 radical (unpaired) electrons. The van der Waals surface area contributed by atoms with E-state index in [-0.39, 0.29) is 0 Å². The summed E-state index contributed by atoms with van der Waals surface area (Å²) >= 11 is 0. The molecule has 0 aliphatic rings. The lowest BCUT2D eigenvalue weighted by molar-refractivity contribution is 0.353. The Hall–Kier alpha value is -1.32. The molecule has 2 N–H and O–H groups in total. The molecule has 88 valence electrons. The molecule has 3 heteroatoms. The minimum Gasteiger partial charge on any atom is -0.497 e. The second-order valence-corrected chi connectivity index (χ2v) is 3.97. The SMILES string of the molecule is C=C(CN)CN(C)Cc1ccc(OC)cc1. The summed E-state index contributed by atoms with van der Waals surface area (Å²) in [6.07, 6.45) is 0. The second kappa shape index (κ2) is 6.30. The Bertz CT molecular complexity index is 332. The number of hydrogen-bond acceptors (Lipinski definition) is 3. The fourth-order valence-corrected chi connectivity index (χ4v) is 1.54. The Morgan fingerprint density at radius 1 is 1.38 bits per heavy atom. The van der Waals surface area contributed by atoms with Crippen LogP contribution in [-0.4, -0.2) is 32.1 Å². The van der Waals surface area contributed by atoms with Crippen molar-refractivity contribution in [3.63, 3.8) is 0 Å². The van der Waals surface area contributed by atoms with E-state index >= 15 is 0 Å². The van der Waals surface area contributed by atoms with Crippen molar-refractivity contribution in [1.82, 2.24) is 4.90 Å². The number of nitrogens with zero attached hydrogens (tertiary/aromatic N) is 1. The lowest BCUT2D eigenvalue weighted by atomic mass is 10.2. The average Bonchev–Trinajstić information content (AvgIpc) is 2.29. The van der Waals surface area contributed by atoms with Crippen molar-refractivity contribution in [1.29, 1.82) is 0 Å². The zero-order valence-electron chi connectivity index (χ0n) is 10.1. The predicted octanol–water partition coefficient (Wildman–Crippen LogP) is 1.64. The quantitative estimate of drug-likeness (QED) is 0.741. The van der Waals surface area contributed by atoms with Crippen LogP contribution < -0.4 is 10.5 Å². The van der Waals surface area contributed by atoms with Gasteiger partial charge in [-0.3, -0.25) is 4.90 Å². The summed E-state index contributed by atoms with van der Waals surface area (Å²) in [5.74, 6) is 0.887. The van der Waals surface area contributed by atoms with Gasteiger partial charge in [-0.2, -0.15) is 0 Å². The van der Waals surface area contributed by atoms with E-state index < -0.39 is 0 Å². The molecule has 0 saturated carbocycles. The number of rotatable bonds is 6. The summed E-state index contributed by atoms with van der Waals surface area (Å²) in [6, 6.07) is 8.09. The second-order valence-electron chi connectivity index (χ2n) is 3.97. The van der Waals surface area contributed by atoms with E-state index in [2.05, 4.69) is 30.7 Å². The summed E-state index contributed by atoms with van der Waals surface area (Å²) in [4.78, 5) is 2.19. The van der Waals surface area contributed by atoms with E-state index in [1.54, 1.807) is 7.11 Å². The molecule has 16 heavy (non-hydrogen) atoms. The highest BCUT2D eigenvalue weighted by Gasteiger charge is 2.01. The minimum absolute atomic E-state index is 0.549. The molecule has 0 bridgehead atoms. The van der Waals surface area contributed by atoms with Gasteiger partial charge >= 0.3 is 0 Å². The van der Waals surface area contributed by atoms with Gasteiger partial charge in [0.2, 0.25) is 0 Å². The van der Waals surface area contributed by atoms with Crippen LogP contribution in [0, 0.1) is 0 Å². The van der Waals surface area contributed by atoms with Gasteiger partial charge in [0.25, 0.3) is 0 Å². The van der Waals surface area contributed by atoms with Gasteiger partial charge in [-0.05, 0) is 30.3 Å². The van der Waals surface area contributed by atoms with Gasteiger partial charge in [-0.1, -0.05) is 18.7 Å². The van der Waals surface area contributed by atoms with Crippen LogP contribution in [0.1, 0.15) is 5.56 Å². The Morgan fingerprint density at radius 2 is 2.00 bits per heavy atom. The van der Waals surface area contributed by atoms with Crippen LogP contribution in [-0.2, 0) is 6.54 Å². The van der Waals surface area contributed by atoms with Gasteiger partial charge in [0, 0.05) is 19.6 Å². The van der Waals surface area contributed by atoms with Crippen molar-refractivity contribution in [3.05, 3.63) is 42.0 Å². The van der Waals surface area contributed by atoms with E-state index in [9.17, 15) is 0 Å².